The molecule has 0 saturated carbocycles. The first-order valence-electron chi connectivity index (χ1n) is 14.5. The van der Waals surface area contributed by atoms with E-state index in [-0.39, 0.29) is 64.2 Å². The van der Waals surface area contributed by atoms with Crippen LogP contribution in [0.2, 0.25) is 0 Å². The molecule has 0 bridgehead atoms. The SMILES string of the molecule is C=C(CCNC(=O)OCC(OC)OC(CC)CO)NCCNC(=O)CCOCCOCCNC(=O)CCN1C(=O)C=CC1=O. The number of aliphatic hydroxyl groups is 1. The quantitative estimate of drug-likeness (QED) is 0.0441. The van der Waals surface area contributed by atoms with Crippen molar-refractivity contribution in [1.29, 1.82) is 0 Å². The van der Waals surface area contributed by atoms with Gasteiger partial charge in [-0.2, -0.15) is 0 Å². The van der Waals surface area contributed by atoms with Crippen LogP contribution in [-0.2, 0) is 42.9 Å². The summed E-state index contributed by atoms with van der Waals surface area (Å²) < 4.78 is 26.4. The van der Waals surface area contributed by atoms with Crippen LogP contribution in [0.25, 0.3) is 0 Å². The largest absolute Gasteiger partial charge is 0.444 e. The van der Waals surface area contributed by atoms with E-state index in [0.717, 1.165) is 4.90 Å². The van der Waals surface area contributed by atoms with E-state index in [2.05, 4.69) is 27.8 Å². The molecule has 0 fully saturated rings. The molecule has 5 amide bonds. The van der Waals surface area contributed by atoms with Crippen molar-refractivity contribution in [3.05, 3.63) is 24.4 Å². The summed E-state index contributed by atoms with van der Waals surface area (Å²) in [6.07, 6.45) is 1.80. The fraction of sp³-hybridized carbons (Fsp3) is 0.679. The maximum atomic E-state index is 11.9. The van der Waals surface area contributed by atoms with Crippen molar-refractivity contribution in [2.75, 3.05) is 79.5 Å². The molecule has 2 unspecified atom stereocenters. The molecule has 16 nitrogen and oxygen atoms in total. The average molecular weight is 630 g/mol. The zero-order chi connectivity index (χ0) is 32.6. The van der Waals surface area contributed by atoms with E-state index in [9.17, 15) is 29.1 Å². The smallest absolute Gasteiger partial charge is 0.407 e. The topological polar surface area (TPSA) is 203 Å². The maximum Gasteiger partial charge on any atom is 0.407 e. The summed E-state index contributed by atoms with van der Waals surface area (Å²) in [7, 11) is 1.42. The molecule has 44 heavy (non-hydrogen) atoms. The highest BCUT2D eigenvalue weighted by atomic mass is 16.7. The Balaban J connectivity index is 1.92. The van der Waals surface area contributed by atoms with Gasteiger partial charge in [0, 0.05) is 76.9 Å². The third kappa shape index (κ3) is 18.2. The van der Waals surface area contributed by atoms with Crippen LogP contribution in [0.4, 0.5) is 4.79 Å². The summed E-state index contributed by atoms with van der Waals surface area (Å²) in [5.74, 6) is -1.29. The van der Waals surface area contributed by atoms with E-state index in [1.165, 1.54) is 19.3 Å². The van der Waals surface area contributed by atoms with Gasteiger partial charge in [0.1, 0.15) is 6.61 Å². The van der Waals surface area contributed by atoms with Crippen LogP contribution in [0.3, 0.4) is 0 Å². The van der Waals surface area contributed by atoms with Crippen molar-refractivity contribution in [3.63, 3.8) is 0 Å². The number of carbonyl (C=O) groups is 5. The summed E-state index contributed by atoms with van der Waals surface area (Å²) in [4.78, 5) is 59.4. The number of aliphatic hydroxyl groups excluding tert-OH is 1. The molecule has 0 aromatic carbocycles. The number of hydrogen-bond donors (Lipinski definition) is 5. The van der Waals surface area contributed by atoms with Gasteiger partial charge in [-0.05, 0) is 6.42 Å². The molecule has 0 aromatic heterocycles. The number of carbonyl (C=O) groups excluding carboxylic acids is 5. The second kappa shape index (κ2) is 23.8. The Morgan fingerprint density at radius 2 is 1.50 bits per heavy atom. The summed E-state index contributed by atoms with van der Waals surface area (Å²) in [5.41, 5.74) is 0.682. The van der Waals surface area contributed by atoms with Gasteiger partial charge in [-0.25, -0.2) is 4.79 Å². The third-order valence-electron chi connectivity index (χ3n) is 6.01. The highest BCUT2D eigenvalue weighted by molar-refractivity contribution is 6.13. The first-order chi connectivity index (χ1) is 21.2. The lowest BCUT2D eigenvalue weighted by atomic mass is 10.3. The maximum absolute atomic E-state index is 11.9. The summed E-state index contributed by atoms with van der Waals surface area (Å²) in [6.45, 7) is 8.01. The van der Waals surface area contributed by atoms with Gasteiger partial charge in [0.05, 0.1) is 39.1 Å². The number of alkyl carbamates (subject to hydrolysis) is 1. The lowest BCUT2D eigenvalue weighted by Gasteiger charge is -2.21. The van der Waals surface area contributed by atoms with Crippen molar-refractivity contribution >= 4 is 29.7 Å². The van der Waals surface area contributed by atoms with Crippen molar-refractivity contribution in [3.8, 4) is 0 Å². The van der Waals surface area contributed by atoms with Crippen LogP contribution in [0.5, 0.6) is 0 Å². The Bertz CT molecular complexity index is 925. The van der Waals surface area contributed by atoms with Crippen LogP contribution >= 0.6 is 0 Å². The Kier molecular flexibility index (Phi) is 20.8. The number of amides is 5. The molecule has 0 saturated heterocycles. The first-order valence-corrected chi connectivity index (χ1v) is 14.5. The summed E-state index contributed by atoms with van der Waals surface area (Å²) in [5, 5.41) is 20.3. The second-order valence-corrected chi connectivity index (χ2v) is 9.41. The molecular weight excluding hydrogens is 582 g/mol. The minimum absolute atomic E-state index is 0.0194. The fourth-order valence-corrected chi connectivity index (χ4v) is 3.48. The number of hydrogen-bond acceptors (Lipinski definition) is 12. The van der Waals surface area contributed by atoms with Crippen LogP contribution in [0.15, 0.2) is 24.4 Å². The molecule has 0 aliphatic carbocycles. The Hall–Kier alpha value is -3.57. The van der Waals surface area contributed by atoms with Gasteiger partial charge in [0.15, 0.2) is 6.29 Å². The van der Waals surface area contributed by atoms with Crippen LogP contribution < -0.4 is 21.3 Å². The number of nitrogens with one attached hydrogen (secondary N) is 4. The van der Waals surface area contributed by atoms with E-state index < -0.39 is 30.3 Å². The van der Waals surface area contributed by atoms with Crippen LogP contribution in [0.1, 0.15) is 32.6 Å². The number of rotatable bonds is 26. The van der Waals surface area contributed by atoms with Crippen molar-refractivity contribution < 1.29 is 52.8 Å². The number of imide groups is 1. The molecular formula is C28H47N5O11. The molecule has 1 rings (SSSR count). The van der Waals surface area contributed by atoms with E-state index in [1.54, 1.807) is 0 Å². The Morgan fingerprint density at radius 1 is 0.864 bits per heavy atom. The lowest BCUT2D eigenvalue weighted by molar-refractivity contribution is -0.181. The highest BCUT2D eigenvalue weighted by Gasteiger charge is 2.23. The van der Waals surface area contributed by atoms with Gasteiger partial charge in [-0.1, -0.05) is 13.5 Å². The van der Waals surface area contributed by atoms with Gasteiger partial charge < -0.3 is 50.1 Å². The second-order valence-electron chi connectivity index (χ2n) is 9.41. The molecule has 0 radical (unpaired) electrons. The fourth-order valence-electron chi connectivity index (χ4n) is 3.48. The zero-order valence-corrected chi connectivity index (χ0v) is 25.6. The normalized spacial score (nSPS) is 13.8. The molecule has 250 valence electrons. The van der Waals surface area contributed by atoms with E-state index in [0.29, 0.717) is 51.4 Å². The van der Waals surface area contributed by atoms with Crippen molar-refractivity contribution in [1.82, 2.24) is 26.2 Å². The summed E-state index contributed by atoms with van der Waals surface area (Å²) in [6, 6.07) is 0. The standard InChI is InChI=1S/C28H47N5O11/c1-4-22(19-34)44-27(40-3)20-43-28(39)32-10-7-21(2)29-11-12-30-24(36)9-15-41-17-18-42-16-13-31-23(35)8-14-33-25(37)5-6-26(33)38/h5-6,22,27,29,34H,2,4,7-20H2,1,3H3,(H,30,36)(H,31,35)(H,32,39). The number of nitrogens with zero attached hydrogens (tertiary/aromatic N) is 1. The summed E-state index contributed by atoms with van der Waals surface area (Å²) >= 11 is 0. The molecule has 2 atom stereocenters. The van der Waals surface area contributed by atoms with Crippen molar-refractivity contribution in [2.24, 2.45) is 0 Å². The van der Waals surface area contributed by atoms with Crippen molar-refractivity contribution in [2.45, 2.75) is 45.0 Å². The van der Waals surface area contributed by atoms with Gasteiger partial charge >= 0.3 is 6.09 Å². The number of methoxy groups -OCH3 is 1. The molecule has 5 N–H and O–H groups in total. The Labute approximate surface area is 257 Å². The molecule has 16 heteroatoms. The van der Waals surface area contributed by atoms with Gasteiger partial charge in [-0.15, -0.1) is 0 Å². The van der Waals surface area contributed by atoms with Gasteiger partial charge in [0.25, 0.3) is 11.8 Å². The molecule has 1 heterocycles. The first kappa shape index (κ1) is 38.5. The van der Waals surface area contributed by atoms with Crippen LogP contribution in [0, 0.1) is 0 Å². The minimum atomic E-state index is -0.774. The predicted molar refractivity (Wildman–Crippen MR) is 157 cm³/mol. The molecule has 0 spiro atoms. The minimum Gasteiger partial charge on any atom is -0.444 e. The lowest BCUT2D eigenvalue weighted by Crippen LogP contribution is -2.35. The highest BCUT2D eigenvalue weighted by Crippen LogP contribution is 2.05. The molecule has 1 aliphatic rings. The molecule has 1 aliphatic heterocycles. The predicted octanol–water partition coefficient (Wildman–Crippen LogP) is -1.06. The third-order valence-corrected chi connectivity index (χ3v) is 6.01. The van der Waals surface area contributed by atoms with E-state index in [1.807, 2.05) is 6.92 Å². The van der Waals surface area contributed by atoms with E-state index >= 15 is 0 Å². The monoisotopic (exact) mass is 629 g/mol. The molecule has 0 aromatic rings. The van der Waals surface area contributed by atoms with E-state index in [4.69, 9.17) is 23.7 Å². The van der Waals surface area contributed by atoms with Gasteiger partial charge in [0.2, 0.25) is 11.8 Å². The Morgan fingerprint density at radius 3 is 2.16 bits per heavy atom. The zero-order valence-electron chi connectivity index (χ0n) is 25.6. The average Bonchev–Trinajstić information content (AvgIpc) is 3.33. The number of ether oxygens (including phenoxy) is 5. The van der Waals surface area contributed by atoms with Gasteiger partial charge in [-0.3, -0.25) is 24.1 Å². The van der Waals surface area contributed by atoms with Crippen LogP contribution in [-0.4, -0.2) is 132 Å².